The molecule has 0 saturated carbocycles. The van der Waals surface area contributed by atoms with Gasteiger partial charge in [-0.1, -0.05) is 24.3 Å². The van der Waals surface area contributed by atoms with Gasteiger partial charge in [0.25, 0.3) is 11.8 Å². The predicted molar refractivity (Wildman–Crippen MR) is 122 cm³/mol. The van der Waals surface area contributed by atoms with E-state index in [1.54, 1.807) is 24.3 Å². The van der Waals surface area contributed by atoms with Gasteiger partial charge in [-0.2, -0.15) is 0 Å². The van der Waals surface area contributed by atoms with Crippen LogP contribution in [0, 0.1) is 0 Å². The van der Waals surface area contributed by atoms with Gasteiger partial charge >= 0.3 is 0 Å². The number of rotatable bonds is 4. The Morgan fingerprint density at radius 2 is 1.63 bits per heavy atom. The van der Waals surface area contributed by atoms with Gasteiger partial charge in [0, 0.05) is 48.3 Å². The normalized spacial score (nSPS) is 14.9. The zero-order valence-corrected chi connectivity index (χ0v) is 17.4. The molecule has 0 saturated heterocycles. The number of hydrogen-bond donors (Lipinski definition) is 1. The molecule has 0 fully saturated rings. The summed E-state index contributed by atoms with van der Waals surface area (Å²) in [6, 6.07) is 22.6. The number of amides is 2. The van der Waals surface area contributed by atoms with Gasteiger partial charge in [-0.3, -0.25) is 9.59 Å². The van der Waals surface area contributed by atoms with Crippen molar-refractivity contribution in [1.82, 2.24) is 0 Å². The summed E-state index contributed by atoms with van der Waals surface area (Å²) in [7, 11) is 3.94. The summed E-state index contributed by atoms with van der Waals surface area (Å²) in [4.78, 5) is 29.8. The largest absolute Gasteiger partial charge is 0.378 e. The molecule has 1 aliphatic rings. The Morgan fingerprint density at radius 3 is 2.37 bits per heavy atom. The van der Waals surface area contributed by atoms with Crippen molar-refractivity contribution in [2.75, 3.05) is 29.2 Å². The molecule has 1 aliphatic heterocycles. The molecule has 3 aromatic rings. The van der Waals surface area contributed by atoms with Crippen molar-refractivity contribution in [2.24, 2.45) is 0 Å². The Kier molecular flexibility index (Phi) is 5.27. The lowest BCUT2D eigenvalue weighted by atomic mass is 10.1. The van der Waals surface area contributed by atoms with Crippen LogP contribution in [0.5, 0.6) is 0 Å². The molecule has 152 valence electrons. The number of para-hydroxylation sites is 1. The lowest BCUT2D eigenvalue weighted by molar-refractivity contribution is 0.0981. The molecule has 5 heteroatoms. The molecule has 4 rings (SSSR count). The third-order valence-corrected chi connectivity index (χ3v) is 5.44. The van der Waals surface area contributed by atoms with Crippen molar-refractivity contribution in [3.05, 3.63) is 89.5 Å². The second kappa shape index (κ2) is 8.03. The molecule has 0 bridgehead atoms. The highest BCUT2D eigenvalue weighted by Gasteiger charge is 2.31. The average Bonchev–Trinajstić information content (AvgIpc) is 3.09. The maximum atomic E-state index is 13.2. The van der Waals surface area contributed by atoms with Crippen LogP contribution in [-0.2, 0) is 6.42 Å². The second-order valence-electron chi connectivity index (χ2n) is 7.83. The topological polar surface area (TPSA) is 52.7 Å². The van der Waals surface area contributed by atoms with Gasteiger partial charge in [0.05, 0.1) is 0 Å². The van der Waals surface area contributed by atoms with Crippen LogP contribution in [0.4, 0.5) is 17.1 Å². The molecule has 1 N–H and O–H groups in total. The third kappa shape index (κ3) is 3.79. The molecule has 2 amide bonds. The van der Waals surface area contributed by atoms with E-state index in [9.17, 15) is 9.59 Å². The van der Waals surface area contributed by atoms with E-state index in [4.69, 9.17) is 0 Å². The van der Waals surface area contributed by atoms with Gasteiger partial charge in [-0.05, 0) is 67.4 Å². The average molecular weight is 399 g/mol. The lowest BCUT2D eigenvalue weighted by Gasteiger charge is -2.23. The third-order valence-electron chi connectivity index (χ3n) is 5.44. The van der Waals surface area contributed by atoms with E-state index in [1.807, 2.05) is 73.3 Å². The summed E-state index contributed by atoms with van der Waals surface area (Å²) in [5.41, 5.74) is 4.86. The van der Waals surface area contributed by atoms with Crippen LogP contribution in [0.15, 0.2) is 72.8 Å². The Balaban J connectivity index is 1.54. The molecule has 1 unspecified atom stereocenters. The van der Waals surface area contributed by atoms with Crippen molar-refractivity contribution in [2.45, 2.75) is 19.4 Å². The smallest absolute Gasteiger partial charge is 0.258 e. The fraction of sp³-hybridized carbons (Fsp3) is 0.200. The van der Waals surface area contributed by atoms with E-state index in [0.717, 1.165) is 17.8 Å². The minimum absolute atomic E-state index is 0.0857. The Hall–Kier alpha value is -3.60. The zero-order valence-electron chi connectivity index (χ0n) is 17.4. The molecule has 1 heterocycles. The molecule has 0 spiro atoms. The van der Waals surface area contributed by atoms with Crippen LogP contribution < -0.4 is 15.1 Å². The van der Waals surface area contributed by atoms with Crippen LogP contribution >= 0.6 is 0 Å². The standard InChI is InChI=1S/C25H25N3O2/c1-17-15-18-7-4-5-10-23(18)28(17)25(30)20-9-6-8-19(16-20)24(29)26-21-11-13-22(14-12-21)27(2)3/h4-14,16-17H,15H2,1-3H3,(H,26,29). The number of carbonyl (C=O) groups is 2. The molecule has 0 aliphatic carbocycles. The quantitative estimate of drug-likeness (QED) is 0.698. The number of carbonyl (C=O) groups excluding carboxylic acids is 2. The Bertz CT molecular complexity index is 1090. The van der Waals surface area contributed by atoms with Crippen molar-refractivity contribution in [3.63, 3.8) is 0 Å². The van der Waals surface area contributed by atoms with Crippen LogP contribution in [-0.4, -0.2) is 32.0 Å². The Labute approximate surface area is 176 Å². The molecule has 3 aromatic carbocycles. The molecule has 30 heavy (non-hydrogen) atoms. The summed E-state index contributed by atoms with van der Waals surface area (Å²) in [5, 5.41) is 2.90. The zero-order chi connectivity index (χ0) is 21.3. The first kappa shape index (κ1) is 19.7. The van der Waals surface area contributed by atoms with Gasteiger partial charge < -0.3 is 15.1 Å². The lowest BCUT2D eigenvalue weighted by Crippen LogP contribution is -2.35. The molecule has 0 radical (unpaired) electrons. The van der Waals surface area contributed by atoms with Gasteiger partial charge in [0.15, 0.2) is 0 Å². The molecule has 1 atom stereocenters. The Morgan fingerprint density at radius 1 is 0.933 bits per heavy atom. The van der Waals surface area contributed by atoms with Gasteiger partial charge in [0.1, 0.15) is 0 Å². The fourth-order valence-electron chi connectivity index (χ4n) is 3.85. The number of fused-ring (bicyclic) bond motifs is 1. The number of hydrogen-bond acceptors (Lipinski definition) is 3. The van der Waals surface area contributed by atoms with E-state index in [-0.39, 0.29) is 17.9 Å². The van der Waals surface area contributed by atoms with E-state index in [0.29, 0.717) is 16.8 Å². The first-order chi connectivity index (χ1) is 14.4. The van der Waals surface area contributed by atoms with Crippen LogP contribution in [0.3, 0.4) is 0 Å². The maximum Gasteiger partial charge on any atom is 0.258 e. The minimum atomic E-state index is -0.239. The van der Waals surface area contributed by atoms with Crippen molar-refractivity contribution in [3.8, 4) is 0 Å². The van der Waals surface area contributed by atoms with Crippen molar-refractivity contribution in [1.29, 1.82) is 0 Å². The highest BCUT2D eigenvalue weighted by Crippen LogP contribution is 2.33. The number of benzene rings is 3. The summed E-state index contributed by atoms with van der Waals surface area (Å²) in [6.45, 7) is 2.05. The first-order valence-electron chi connectivity index (χ1n) is 10.0. The van der Waals surface area contributed by atoms with Crippen molar-refractivity contribution >= 4 is 28.9 Å². The second-order valence-corrected chi connectivity index (χ2v) is 7.83. The van der Waals surface area contributed by atoms with E-state index in [2.05, 4.69) is 11.4 Å². The summed E-state index contributed by atoms with van der Waals surface area (Å²) in [6.07, 6.45) is 0.838. The monoisotopic (exact) mass is 399 g/mol. The summed E-state index contributed by atoms with van der Waals surface area (Å²) >= 11 is 0. The van der Waals surface area contributed by atoms with Gasteiger partial charge in [-0.15, -0.1) is 0 Å². The van der Waals surface area contributed by atoms with Crippen LogP contribution in [0.25, 0.3) is 0 Å². The molecular weight excluding hydrogens is 374 g/mol. The SMILES string of the molecule is CC1Cc2ccccc2N1C(=O)c1cccc(C(=O)Nc2ccc(N(C)C)cc2)c1. The van der Waals surface area contributed by atoms with Crippen molar-refractivity contribution < 1.29 is 9.59 Å². The molecule has 0 aromatic heterocycles. The van der Waals surface area contributed by atoms with E-state index >= 15 is 0 Å². The van der Waals surface area contributed by atoms with Crippen LogP contribution in [0.2, 0.25) is 0 Å². The van der Waals surface area contributed by atoms with Crippen LogP contribution in [0.1, 0.15) is 33.2 Å². The highest BCUT2D eigenvalue weighted by atomic mass is 16.2. The van der Waals surface area contributed by atoms with E-state index in [1.165, 1.54) is 5.56 Å². The first-order valence-corrected chi connectivity index (χ1v) is 10.0. The minimum Gasteiger partial charge on any atom is -0.378 e. The highest BCUT2D eigenvalue weighted by molar-refractivity contribution is 6.10. The number of anilines is 3. The van der Waals surface area contributed by atoms with Gasteiger partial charge in [-0.25, -0.2) is 0 Å². The predicted octanol–water partition coefficient (Wildman–Crippen LogP) is 4.60. The maximum absolute atomic E-state index is 13.2. The summed E-state index contributed by atoms with van der Waals surface area (Å²) in [5.74, 6) is -0.324. The number of nitrogens with zero attached hydrogens (tertiary/aromatic N) is 2. The molecular formula is C25H25N3O2. The van der Waals surface area contributed by atoms with Gasteiger partial charge in [0.2, 0.25) is 0 Å². The molecule has 5 nitrogen and oxygen atoms in total. The fourth-order valence-corrected chi connectivity index (χ4v) is 3.85. The number of nitrogens with one attached hydrogen (secondary N) is 1. The van der Waals surface area contributed by atoms with E-state index < -0.39 is 0 Å². The summed E-state index contributed by atoms with van der Waals surface area (Å²) < 4.78 is 0.